The summed E-state index contributed by atoms with van der Waals surface area (Å²) < 4.78 is 37.7. The van der Waals surface area contributed by atoms with Gasteiger partial charge in [-0.2, -0.15) is 18.3 Å². The quantitative estimate of drug-likeness (QED) is 0.453. The van der Waals surface area contributed by atoms with Gasteiger partial charge in [-0.1, -0.05) is 16.8 Å². The molecular formula is C6H5ClF3N3O. The molecule has 0 atom stereocenters. The molecule has 4 nitrogen and oxygen atoms in total. The topological polar surface area (TPSA) is 50.4 Å². The van der Waals surface area contributed by atoms with Crippen LogP contribution in [-0.2, 0) is 13.2 Å². The number of hydrogen-bond donors (Lipinski definition) is 1. The Balaban J connectivity index is 3.37. The summed E-state index contributed by atoms with van der Waals surface area (Å²) in [4.78, 5) is 0. The second-order valence-electron chi connectivity index (χ2n) is 2.42. The number of nitrogens with zero attached hydrogens (tertiary/aromatic N) is 3. The molecule has 0 amide bonds. The molecule has 0 unspecified atom stereocenters. The minimum absolute atomic E-state index is 0.241. The van der Waals surface area contributed by atoms with Crippen molar-refractivity contribution >= 4 is 17.8 Å². The monoisotopic (exact) mass is 227 g/mol. The lowest BCUT2D eigenvalue weighted by molar-refractivity contribution is -0.141. The summed E-state index contributed by atoms with van der Waals surface area (Å²) in [6, 6.07) is 0. The van der Waals surface area contributed by atoms with Crippen molar-refractivity contribution in [2.75, 3.05) is 0 Å². The van der Waals surface area contributed by atoms with E-state index in [0.717, 1.165) is 4.68 Å². The van der Waals surface area contributed by atoms with E-state index < -0.39 is 17.4 Å². The van der Waals surface area contributed by atoms with Crippen molar-refractivity contribution in [3.63, 3.8) is 0 Å². The number of aryl methyl sites for hydroxylation is 1. The molecule has 0 saturated heterocycles. The SMILES string of the molecule is Cn1nc(C(F)(F)F)c(C=NO)c1Cl. The maximum absolute atomic E-state index is 12.3. The Morgan fingerprint density at radius 2 is 2.14 bits per heavy atom. The van der Waals surface area contributed by atoms with Gasteiger partial charge in [-0.3, -0.25) is 4.68 Å². The highest BCUT2D eigenvalue weighted by molar-refractivity contribution is 6.32. The first-order valence-corrected chi connectivity index (χ1v) is 3.73. The van der Waals surface area contributed by atoms with Crippen LogP contribution in [0.15, 0.2) is 5.16 Å². The fraction of sp³-hybridized carbons (Fsp3) is 0.333. The molecular weight excluding hydrogens is 223 g/mol. The van der Waals surface area contributed by atoms with Gasteiger partial charge in [-0.25, -0.2) is 0 Å². The van der Waals surface area contributed by atoms with Gasteiger partial charge < -0.3 is 5.21 Å². The standard InChI is InChI=1S/C6H5ClF3N3O/c1-13-5(7)3(2-11-14)4(12-13)6(8,9)10/h2,14H,1H3. The van der Waals surface area contributed by atoms with E-state index >= 15 is 0 Å². The lowest BCUT2D eigenvalue weighted by Gasteiger charge is -2.01. The van der Waals surface area contributed by atoms with Crippen LogP contribution in [0.1, 0.15) is 11.3 Å². The Morgan fingerprint density at radius 3 is 2.57 bits per heavy atom. The van der Waals surface area contributed by atoms with Gasteiger partial charge in [-0.05, 0) is 0 Å². The lowest BCUT2D eigenvalue weighted by Crippen LogP contribution is -2.09. The third kappa shape index (κ3) is 1.82. The van der Waals surface area contributed by atoms with Crippen LogP contribution in [0.25, 0.3) is 0 Å². The molecule has 0 bridgehead atoms. The number of halogens is 4. The zero-order chi connectivity index (χ0) is 10.9. The van der Waals surface area contributed by atoms with E-state index in [1.54, 1.807) is 0 Å². The largest absolute Gasteiger partial charge is 0.435 e. The number of oxime groups is 1. The number of rotatable bonds is 1. The highest BCUT2D eigenvalue weighted by Gasteiger charge is 2.38. The molecule has 78 valence electrons. The van der Waals surface area contributed by atoms with E-state index in [2.05, 4.69) is 10.3 Å². The van der Waals surface area contributed by atoms with Gasteiger partial charge in [-0.15, -0.1) is 0 Å². The molecule has 0 aliphatic rings. The smallest absolute Gasteiger partial charge is 0.411 e. The van der Waals surface area contributed by atoms with E-state index in [-0.39, 0.29) is 5.15 Å². The Morgan fingerprint density at radius 1 is 1.57 bits per heavy atom. The van der Waals surface area contributed by atoms with E-state index in [0.29, 0.717) is 6.21 Å². The van der Waals surface area contributed by atoms with Crippen LogP contribution in [-0.4, -0.2) is 21.2 Å². The lowest BCUT2D eigenvalue weighted by atomic mass is 10.2. The molecule has 0 aliphatic carbocycles. The predicted molar refractivity (Wildman–Crippen MR) is 42.6 cm³/mol. The van der Waals surface area contributed by atoms with Crippen molar-refractivity contribution in [1.82, 2.24) is 9.78 Å². The molecule has 1 N–H and O–H groups in total. The zero-order valence-corrected chi connectivity index (χ0v) is 7.63. The summed E-state index contributed by atoms with van der Waals surface area (Å²) in [7, 11) is 1.26. The Labute approximate surface area is 81.6 Å². The van der Waals surface area contributed by atoms with Crippen molar-refractivity contribution in [3.05, 3.63) is 16.4 Å². The van der Waals surface area contributed by atoms with E-state index in [1.165, 1.54) is 7.05 Å². The minimum atomic E-state index is -4.62. The summed E-state index contributed by atoms with van der Waals surface area (Å²) in [5, 5.41) is 13.6. The molecule has 14 heavy (non-hydrogen) atoms. The molecule has 1 rings (SSSR count). The van der Waals surface area contributed by atoms with E-state index in [4.69, 9.17) is 16.8 Å². The van der Waals surface area contributed by atoms with Gasteiger partial charge in [0.25, 0.3) is 0 Å². The van der Waals surface area contributed by atoms with Crippen LogP contribution in [0, 0.1) is 0 Å². The molecule has 0 radical (unpaired) electrons. The number of aromatic nitrogens is 2. The van der Waals surface area contributed by atoms with Gasteiger partial charge in [0.15, 0.2) is 5.69 Å². The van der Waals surface area contributed by atoms with Gasteiger partial charge >= 0.3 is 6.18 Å². The van der Waals surface area contributed by atoms with E-state index in [9.17, 15) is 13.2 Å². The zero-order valence-electron chi connectivity index (χ0n) is 6.88. The van der Waals surface area contributed by atoms with Crippen molar-refractivity contribution in [3.8, 4) is 0 Å². The average molecular weight is 228 g/mol. The molecule has 8 heteroatoms. The predicted octanol–water partition coefficient (Wildman–Crippen LogP) is 1.90. The fourth-order valence-corrected chi connectivity index (χ4v) is 1.08. The molecule has 0 fully saturated rings. The molecule has 0 saturated carbocycles. The molecule has 0 aliphatic heterocycles. The Hall–Kier alpha value is -1.24. The minimum Gasteiger partial charge on any atom is -0.411 e. The van der Waals surface area contributed by atoms with Crippen LogP contribution in [0.2, 0.25) is 5.15 Å². The van der Waals surface area contributed by atoms with Crippen molar-refractivity contribution in [1.29, 1.82) is 0 Å². The van der Waals surface area contributed by atoms with Crippen molar-refractivity contribution in [2.45, 2.75) is 6.18 Å². The first kappa shape index (κ1) is 10.8. The molecule has 1 aromatic heterocycles. The summed E-state index contributed by atoms with van der Waals surface area (Å²) >= 11 is 5.50. The molecule has 0 spiro atoms. The normalized spacial score (nSPS) is 12.6. The molecule has 0 aromatic carbocycles. The Kier molecular flexibility index (Phi) is 2.70. The summed E-state index contributed by atoms with van der Waals surface area (Å²) in [5.41, 5.74) is -1.63. The van der Waals surface area contributed by atoms with Gasteiger partial charge in [0.1, 0.15) is 5.15 Å². The highest BCUT2D eigenvalue weighted by atomic mass is 35.5. The van der Waals surface area contributed by atoms with E-state index in [1.807, 2.05) is 0 Å². The second-order valence-corrected chi connectivity index (χ2v) is 2.78. The third-order valence-corrected chi connectivity index (χ3v) is 1.92. The number of hydrogen-bond acceptors (Lipinski definition) is 3. The summed E-state index contributed by atoms with van der Waals surface area (Å²) in [6.45, 7) is 0. The molecule has 1 heterocycles. The van der Waals surface area contributed by atoms with Crippen LogP contribution >= 0.6 is 11.6 Å². The fourth-order valence-electron chi connectivity index (χ4n) is 0.901. The van der Waals surface area contributed by atoms with Gasteiger partial charge in [0.2, 0.25) is 0 Å². The summed E-state index contributed by atoms with van der Waals surface area (Å²) in [5.74, 6) is 0. The van der Waals surface area contributed by atoms with Crippen LogP contribution in [0.3, 0.4) is 0 Å². The Bertz CT molecular complexity index is 371. The third-order valence-electron chi connectivity index (χ3n) is 1.47. The first-order chi connectivity index (χ1) is 6.38. The number of alkyl halides is 3. The van der Waals surface area contributed by atoms with Crippen LogP contribution in [0.5, 0.6) is 0 Å². The maximum Gasteiger partial charge on any atom is 0.435 e. The van der Waals surface area contributed by atoms with Crippen molar-refractivity contribution in [2.24, 2.45) is 12.2 Å². The van der Waals surface area contributed by atoms with Crippen LogP contribution in [0.4, 0.5) is 13.2 Å². The van der Waals surface area contributed by atoms with Gasteiger partial charge in [0, 0.05) is 7.05 Å². The average Bonchev–Trinajstić information content (AvgIpc) is 2.32. The molecule has 1 aromatic rings. The van der Waals surface area contributed by atoms with Gasteiger partial charge in [0.05, 0.1) is 11.8 Å². The summed E-state index contributed by atoms with van der Waals surface area (Å²) in [6.07, 6.45) is -4.03. The highest BCUT2D eigenvalue weighted by Crippen LogP contribution is 2.33. The van der Waals surface area contributed by atoms with Crippen LogP contribution < -0.4 is 0 Å². The maximum atomic E-state index is 12.3. The first-order valence-electron chi connectivity index (χ1n) is 3.35. The van der Waals surface area contributed by atoms with Crippen molar-refractivity contribution < 1.29 is 18.4 Å². The second kappa shape index (κ2) is 3.49.